The molecule has 1 N–H and O–H groups in total. The van der Waals surface area contributed by atoms with Crippen LogP contribution in [0.15, 0.2) is 23.6 Å². The van der Waals surface area contributed by atoms with Crippen molar-refractivity contribution in [1.82, 2.24) is 9.88 Å². The molecule has 1 aromatic heterocycles. The first-order valence-corrected chi connectivity index (χ1v) is 10.6. The second kappa shape index (κ2) is 8.73. The fraction of sp³-hybridized carbons (Fsp3) is 0.476. The summed E-state index contributed by atoms with van der Waals surface area (Å²) in [4.78, 5) is 33.1. The maximum Gasteiger partial charge on any atom is 0.228 e. The topological polar surface area (TPSA) is 65.5 Å². The number of carbonyl (C=O) groups excluding carboxylic acids is 2. The number of nitrogens with zero attached hydrogens (tertiary/aromatic N) is 3. The third-order valence-corrected chi connectivity index (χ3v) is 5.99. The van der Waals surface area contributed by atoms with Gasteiger partial charge in [-0.15, -0.1) is 11.3 Å². The van der Waals surface area contributed by atoms with E-state index in [1.165, 1.54) is 28.2 Å². The van der Waals surface area contributed by atoms with Gasteiger partial charge in [-0.1, -0.05) is 26.0 Å². The normalized spacial score (nSPS) is 14.5. The molecule has 150 valence electrons. The van der Waals surface area contributed by atoms with Crippen LogP contribution in [0.25, 0.3) is 0 Å². The summed E-state index contributed by atoms with van der Waals surface area (Å²) < 4.78 is 0. The Bertz CT molecular complexity index is 854. The van der Waals surface area contributed by atoms with Crippen LogP contribution in [0.1, 0.15) is 30.7 Å². The van der Waals surface area contributed by atoms with Gasteiger partial charge >= 0.3 is 0 Å². The minimum atomic E-state index is -0.0951. The van der Waals surface area contributed by atoms with Crippen molar-refractivity contribution < 1.29 is 9.59 Å². The van der Waals surface area contributed by atoms with Gasteiger partial charge in [0.1, 0.15) is 0 Å². The molecule has 1 fully saturated rings. The van der Waals surface area contributed by atoms with Gasteiger partial charge in [0.25, 0.3) is 0 Å². The molecule has 0 aliphatic carbocycles. The van der Waals surface area contributed by atoms with E-state index in [9.17, 15) is 9.59 Å². The van der Waals surface area contributed by atoms with E-state index < -0.39 is 0 Å². The molecule has 7 heteroatoms. The van der Waals surface area contributed by atoms with Crippen LogP contribution in [0.3, 0.4) is 0 Å². The highest BCUT2D eigenvalue weighted by molar-refractivity contribution is 7.13. The predicted molar refractivity (Wildman–Crippen MR) is 114 cm³/mol. The van der Waals surface area contributed by atoms with Gasteiger partial charge in [-0.3, -0.25) is 9.59 Å². The summed E-state index contributed by atoms with van der Waals surface area (Å²) in [6, 6.07) is 6.37. The van der Waals surface area contributed by atoms with Gasteiger partial charge < -0.3 is 15.1 Å². The Kier molecular flexibility index (Phi) is 6.34. The number of benzene rings is 1. The van der Waals surface area contributed by atoms with E-state index in [-0.39, 0.29) is 24.2 Å². The van der Waals surface area contributed by atoms with E-state index in [1.807, 2.05) is 24.1 Å². The zero-order chi connectivity index (χ0) is 20.3. The number of rotatable bonds is 5. The number of thiazole rings is 1. The average molecular weight is 401 g/mol. The van der Waals surface area contributed by atoms with Crippen LogP contribution in [0.4, 0.5) is 10.8 Å². The highest BCUT2D eigenvalue weighted by Gasteiger charge is 2.23. The van der Waals surface area contributed by atoms with Gasteiger partial charge in [0.05, 0.1) is 12.1 Å². The first-order valence-electron chi connectivity index (χ1n) is 9.69. The Balaban J connectivity index is 1.54. The number of aryl methyl sites for hydroxylation is 1. The molecule has 0 spiro atoms. The third kappa shape index (κ3) is 4.70. The quantitative estimate of drug-likeness (QED) is 0.837. The van der Waals surface area contributed by atoms with Crippen molar-refractivity contribution in [2.24, 2.45) is 5.92 Å². The highest BCUT2D eigenvalue weighted by Crippen LogP contribution is 2.24. The average Bonchev–Trinajstić information content (AvgIpc) is 3.10. The van der Waals surface area contributed by atoms with Crippen LogP contribution < -0.4 is 10.2 Å². The Hall–Kier alpha value is -2.41. The number of anilines is 2. The van der Waals surface area contributed by atoms with Crippen molar-refractivity contribution in [3.05, 3.63) is 40.4 Å². The van der Waals surface area contributed by atoms with Gasteiger partial charge in [-0.25, -0.2) is 4.98 Å². The van der Waals surface area contributed by atoms with Crippen LogP contribution in [0, 0.1) is 19.8 Å². The van der Waals surface area contributed by atoms with E-state index in [2.05, 4.69) is 47.2 Å². The first-order chi connectivity index (χ1) is 13.3. The molecule has 3 rings (SSSR count). The second-order valence-corrected chi connectivity index (χ2v) is 8.41. The summed E-state index contributed by atoms with van der Waals surface area (Å²) >= 11 is 1.36. The number of aromatic nitrogens is 1. The zero-order valence-corrected chi connectivity index (χ0v) is 17.8. The number of hydrogen-bond donors (Lipinski definition) is 1. The number of amides is 2. The smallest absolute Gasteiger partial charge is 0.228 e. The molecular formula is C21H28N4O2S. The van der Waals surface area contributed by atoms with Crippen molar-refractivity contribution in [2.45, 2.75) is 34.1 Å². The molecule has 1 saturated heterocycles. The number of carbonyl (C=O) groups is 2. The monoisotopic (exact) mass is 400 g/mol. The largest absolute Gasteiger partial charge is 0.368 e. The molecule has 0 radical (unpaired) electrons. The van der Waals surface area contributed by atoms with Gasteiger partial charge in [-0.05, 0) is 31.0 Å². The van der Waals surface area contributed by atoms with E-state index in [1.54, 1.807) is 0 Å². The minimum Gasteiger partial charge on any atom is -0.368 e. The third-order valence-electron chi connectivity index (χ3n) is 5.19. The molecular weight excluding hydrogens is 372 g/mol. The molecule has 2 heterocycles. The van der Waals surface area contributed by atoms with Crippen LogP contribution in [-0.2, 0) is 16.0 Å². The van der Waals surface area contributed by atoms with Crippen molar-refractivity contribution in [2.75, 3.05) is 36.4 Å². The summed E-state index contributed by atoms with van der Waals surface area (Å²) in [5.41, 5.74) is 4.57. The Morgan fingerprint density at radius 2 is 1.89 bits per heavy atom. The summed E-state index contributed by atoms with van der Waals surface area (Å²) in [7, 11) is 0. The molecule has 1 aliphatic heterocycles. The SMILES string of the molecule is Cc1cccc(N2CCN(C(=O)Cc3csc(NC(=O)C(C)C)n3)CC2)c1C. The molecule has 0 atom stereocenters. The summed E-state index contributed by atoms with van der Waals surface area (Å²) in [6.45, 7) is 11.1. The van der Waals surface area contributed by atoms with Crippen LogP contribution in [0.2, 0.25) is 0 Å². The molecule has 1 aliphatic rings. The Morgan fingerprint density at radius 1 is 1.18 bits per heavy atom. The number of piperazine rings is 1. The Labute approximate surface area is 170 Å². The number of nitrogens with one attached hydrogen (secondary N) is 1. The van der Waals surface area contributed by atoms with Crippen molar-refractivity contribution in [3.63, 3.8) is 0 Å². The van der Waals surface area contributed by atoms with Gasteiger partial charge in [0.15, 0.2) is 5.13 Å². The van der Waals surface area contributed by atoms with Gasteiger partial charge in [-0.2, -0.15) is 0 Å². The van der Waals surface area contributed by atoms with Gasteiger partial charge in [0, 0.05) is 43.2 Å². The summed E-state index contributed by atoms with van der Waals surface area (Å²) in [5, 5.41) is 5.19. The van der Waals surface area contributed by atoms with Crippen LogP contribution in [-0.4, -0.2) is 47.9 Å². The highest BCUT2D eigenvalue weighted by atomic mass is 32.1. The van der Waals surface area contributed by atoms with E-state index in [4.69, 9.17) is 0 Å². The lowest BCUT2D eigenvalue weighted by atomic mass is 10.1. The lowest BCUT2D eigenvalue weighted by Crippen LogP contribution is -2.49. The molecule has 0 unspecified atom stereocenters. The molecule has 6 nitrogen and oxygen atoms in total. The van der Waals surface area contributed by atoms with E-state index in [0.29, 0.717) is 23.9 Å². The van der Waals surface area contributed by atoms with Gasteiger partial charge in [0.2, 0.25) is 11.8 Å². The Morgan fingerprint density at radius 3 is 2.57 bits per heavy atom. The maximum atomic E-state index is 12.7. The van der Waals surface area contributed by atoms with Crippen molar-refractivity contribution in [1.29, 1.82) is 0 Å². The van der Waals surface area contributed by atoms with Crippen LogP contribution >= 0.6 is 11.3 Å². The summed E-state index contributed by atoms with van der Waals surface area (Å²) in [6.07, 6.45) is 0.275. The maximum absolute atomic E-state index is 12.7. The van der Waals surface area contributed by atoms with Crippen molar-refractivity contribution in [3.8, 4) is 0 Å². The number of hydrogen-bond acceptors (Lipinski definition) is 5. The second-order valence-electron chi connectivity index (χ2n) is 7.55. The predicted octanol–water partition coefficient (Wildman–Crippen LogP) is 3.25. The fourth-order valence-electron chi connectivity index (χ4n) is 3.24. The lowest BCUT2D eigenvalue weighted by molar-refractivity contribution is -0.130. The minimum absolute atomic E-state index is 0.0604. The molecule has 0 saturated carbocycles. The summed E-state index contributed by atoms with van der Waals surface area (Å²) in [5.74, 6) is -0.0650. The van der Waals surface area contributed by atoms with E-state index >= 15 is 0 Å². The molecule has 2 amide bonds. The van der Waals surface area contributed by atoms with Crippen LogP contribution in [0.5, 0.6) is 0 Å². The van der Waals surface area contributed by atoms with Crippen molar-refractivity contribution >= 4 is 34.0 Å². The first kappa shape index (κ1) is 20.3. The zero-order valence-electron chi connectivity index (χ0n) is 17.0. The standard InChI is InChI=1S/C21H28N4O2S/c1-14(2)20(27)23-21-22-17(13-28-21)12-19(26)25-10-8-24(9-11-25)18-7-5-6-15(3)16(18)4/h5-7,13-14H,8-12H2,1-4H3,(H,22,23,27). The molecule has 0 bridgehead atoms. The fourth-order valence-corrected chi connectivity index (χ4v) is 3.95. The molecule has 1 aromatic carbocycles. The lowest BCUT2D eigenvalue weighted by Gasteiger charge is -2.37. The molecule has 28 heavy (non-hydrogen) atoms. The van der Waals surface area contributed by atoms with E-state index in [0.717, 1.165) is 13.1 Å². The molecule has 2 aromatic rings.